The van der Waals surface area contributed by atoms with Crippen LogP contribution in [0.2, 0.25) is 0 Å². The van der Waals surface area contributed by atoms with E-state index in [1.807, 2.05) is 45.0 Å². The van der Waals surface area contributed by atoms with Gasteiger partial charge in [0.2, 0.25) is 0 Å². The standard InChI is InChI=1S/C22H24N2O4/c1-4-13-24-19(16-7-5-6-8-17(16)28-14(2)3)18(21(26)22(24)27)20(25)15-9-11-23-12-10-15/h5-12,14,19,25H,4,13H2,1-3H3/b20-18-. The number of ether oxygens (including phenoxy) is 1. The Kier molecular flexibility index (Phi) is 5.78. The van der Waals surface area contributed by atoms with E-state index in [0.717, 1.165) is 0 Å². The van der Waals surface area contributed by atoms with Crippen LogP contribution in [0.1, 0.15) is 44.4 Å². The Hall–Kier alpha value is -3.15. The number of nitrogens with zero attached hydrogens (tertiary/aromatic N) is 2. The summed E-state index contributed by atoms with van der Waals surface area (Å²) < 4.78 is 5.92. The van der Waals surface area contributed by atoms with Gasteiger partial charge >= 0.3 is 0 Å². The topological polar surface area (TPSA) is 79.7 Å². The molecule has 2 aromatic rings. The summed E-state index contributed by atoms with van der Waals surface area (Å²) in [6.45, 7) is 6.17. The summed E-state index contributed by atoms with van der Waals surface area (Å²) >= 11 is 0. The molecule has 0 radical (unpaired) electrons. The Labute approximate surface area is 164 Å². The van der Waals surface area contributed by atoms with Crippen LogP contribution in [0, 0.1) is 0 Å². The van der Waals surface area contributed by atoms with Crippen LogP contribution in [0.5, 0.6) is 5.75 Å². The maximum absolute atomic E-state index is 12.9. The number of carbonyl (C=O) groups excluding carboxylic acids is 2. The van der Waals surface area contributed by atoms with E-state index in [2.05, 4.69) is 4.98 Å². The Morgan fingerprint density at radius 3 is 2.50 bits per heavy atom. The van der Waals surface area contributed by atoms with Crippen LogP contribution in [0.4, 0.5) is 0 Å². The van der Waals surface area contributed by atoms with Crippen molar-refractivity contribution in [3.63, 3.8) is 0 Å². The van der Waals surface area contributed by atoms with Gasteiger partial charge in [0, 0.05) is 30.1 Å². The molecule has 1 fully saturated rings. The molecule has 6 nitrogen and oxygen atoms in total. The van der Waals surface area contributed by atoms with Crippen molar-refractivity contribution < 1.29 is 19.4 Å². The van der Waals surface area contributed by atoms with E-state index < -0.39 is 17.7 Å². The lowest BCUT2D eigenvalue weighted by molar-refractivity contribution is -0.139. The number of likely N-dealkylation sites (tertiary alicyclic amines) is 1. The predicted octanol–water partition coefficient (Wildman–Crippen LogP) is 3.70. The van der Waals surface area contributed by atoms with Crippen LogP contribution in [0.25, 0.3) is 5.76 Å². The molecular formula is C22H24N2O4. The summed E-state index contributed by atoms with van der Waals surface area (Å²) in [5.74, 6) is -0.913. The summed E-state index contributed by atoms with van der Waals surface area (Å²) in [7, 11) is 0. The average molecular weight is 380 g/mol. The summed E-state index contributed by atoms with van der Waals surface area (Å²) in [5, 5.41) is 10.9. The summed E-state index contributed by atoms with van der Waals surface area (Å²) in [5.41, 5.74) is 1.20. The molecule has 1 atom stereocenters. The van der Waals surface area contributed by atoms with Crippen molar-refractivity contribution in [2.75, 3.05) is 6.54 Å². The molecule has 0 spiro atoms. The monoisotopic (exact) mass is 380 g/mol. The minimum absolute atomic E-state index is 0.0736. The molecule has 0 saturated carbocycles. The zero-order valence-corrected chi connectivity index (χ0v) is 16.3. The van der Waals surface area contributed by atoms with E-state index >= 15 is 0 Å². The Balaban J connectivity index is 2.21. The number of Topliss-reactive ketones (excluding diaryl/α,β-unsaturated/α-hetero) is 1. The molecule has 0 bridgehead atoms. The van der Waals surface area contributed by atoms with Gasteiger partial charge in [0.15, 0.2) is 0 Å². The van der Waals surface area contributed by atoms with Gasteiger partial charge in [-0.2, -0.15) is 0 Å². The number of aromatic nitrogens is 1. The number of pyridine rings is 1. The molecule has 1 saturated heterocycles. The number of para-hydroxylation sites is 1. The fourth-order valence-corrected chi connectivity index (χ4v) is 3.41. The average Bonchev–Trinajstić information content (AvgIpc) is 2.93. The van der Waals surface area contributed by atoms with Crippen LogP contribution in [-0.4, -0.2) is 39.3 Å². The van der Waals surface area contributed by atoms with Gasteiger partial charge < -0.3 is 14.7 Å². The van der Waals surface area contributed by atoms with Gasteiger partial charge in [-0.25, -0.2) is 0 Å². The summed E-state index contributed by atoms with van der Waals surface area (Å²) in [6.07, 6.45) is 3.67. The van der Waals surface area contributed by atoms with Crippen molar-refractivity contribution in [3.05, 3.63) is 65.5 Å². The third-order valence-corrected chi connectivity index (χ3v) is 4.53. The third kappa shape index (κ3) is 3.63. The SMILES string of the molecule is CCCN1C(=O)C(=O)/C(=C(\O)c2ccncc2)C1c1ccccc1OC(C)C. The molecule has 1 unspecified atom stereocenters. The minimum Gasteiger partial charge on any atom is -0.507 e. The lowest BCUT2D eigenvalue weighted by atomic mass is 9.94. The van der Waals surface area contributed by atoms with Crippen molar-refractivity contribution in [2.45, 2.75) is 39.3 Å². The Morgan fingerprint density at radius 2 is 1.86 bits per heavy atom. The van der Waals surface area contributed by atoms with Crippen LogP contribution >= 0.6 is 0 Å². The van der Waals surface area contributed by atoms with Crippen LogP contribution in [0.15, 0.2) is 54.4 Å². The smallest absolute Gasteiger partial charge is 0.295 e. The second-order valence-corrected chi connectivity index (χ2v) is 6.93. The number of rotatable bonds is 6. The molecule has 146 valence electrons. The highest BCUT2D eigenvalue weighted by atomic mass is 16.5. The van der Waals surface area contributed by atoms with E-state index in [-0.39, 0.29) is 17.4 Å². The van der Waals surface area contributed by atoms with E-state index in [9.17, 15) is 14.7 Å². The second kappa shape index (κ2) is 8.25. The summed E-state index contributed by atoms with van der Waals surface area (Å²) in [6, 6.07) is 9.83. The fraction of sp³-hybridized carbons (Fsp3) is 0.318. The molecule has 2 heterocycles. The first kappa shape index (κ1) is 19.6. The van der Waals surface area contributed by atoms with Gasteiger partial charge in [-0.15, -0.1) is 0 Å². The number of hydrogen-bond acceptors (Lipinski definition) is 5. The highest BCUT2D eigenvalue weighted by Crippen LogP contribution is 2.42. The number of carbonyl (C=O) groups is 2. The molecule has 0 aliphatic carbocycles. The Bertz CT molecular complexity index is 906. The van der Waals surface area contributed by atoms with Gasteiger partial charge in [0.25, 0.3) is 11.7 Å². The fourth-order valence-electron chi connectivity index (χ4n) is 3.41. The highest BCUT2D eigenvalue weighted by molar-refractivity contribution is 6.46. The number of aliphatic hydroxyl groups is 1. The van der Waals surface area contributed by atoms with Crippen LogP contribution in [0.3, 0.4) is 0 Å². The quantitative estimate of drug-likeness (QED) is 0.470. The summed E-state index contributed by atoms with van der Waals surface area (Å²) in [4.78, 5) is 31.0. The van der Waals surface area contributed by atoms with Crippen molar-refractivity contribution in [1.29, 1.82) is 0 Å². The molecule has 1 N–H and O–H groups in total. The number of ketones is 1. The Morgan fingerprint density at radius 1 is 1.18 bits per heavy atom. The van der Waals surface area contributed by atoms with Gasteiger partial charge in [-0.1, -0.05) is 25.1 Å². The highest BCUT2D eigenvalue weighted by Gasteiger charge is 2.46. The molecule has 1 aliphatic rings. The minimum atomic E-state index is -0.705. The van der Waals surface area contributed by atoms with Crippen molar-refractivity contribution in [2.24, 2.45) is 0 Å². The molecule has 3 rings (SSSR count). The number of hydrogen-bond donors (Lipinski definition) is 1. The van der Waals surface area contributed by atoms with Crippen molar-refractivity contribution in [3.8, 4) is 5.75 Å². The first-order valence-electron chi connectivity index (χ1n) is 9.40. The lowest BCUT2D eigenvalue weighted by Crippen LogP contribution is -2.30. The maximum Gasteiger partial charge on any atom is 0.295 e. The van der Waals surface area contributed by atoms with E-state index in [0.29, 0.717) is 29.8 Å². The molecule has 1 aliphatic heterocycles. The zero-order chi connectivity index (χ0) is 20.3. The molecule has 1 amide bonds. The van der Waals surface area contributed by atoms with Gasteiger partial charge in [0.1, 0.15) is 11.5 Å². The van der Waals surface area contributed by atoms with Gasteiger partial charge in [-0.3, -0.25) is 14.6 Å². The normalized spacial score (nSPS) is 18.7. The van der Waals surface area contributed by atoms with Gasteiger partial charge in [0.05, 0.1) is 17.7 Å². The first-order valence-corrected chi connectivity index (χ1v) is 9.40. The van der Waals surface area contributed by atoms with E-state index in [1.54, 1.807) is 12.1 Å². The molecule has 1 aromatic heterocycles. The molecule has 6 heteroatoms. The predicted molar refractivity (Wildman–Crippen MR) is 106 cm³/mol. The van der Waals surface area contributed by atoms with Crippen LogP contribution in [-0.2, 0) is 9.59 Å². The third-order valence-electron chi connectivity index (χ3n) is 4.53. The lowest BCUT2D eigenvalue weighted by Gasteiger charge is -2.27. The van der Waals surface area contributed by atoms with E-state index in [4.69, 9.17) is 4.74 Å². The van der Waals surface area contributed by atoms with Crippen molar-refractivity contribution in [1.82, 2.24) is 9.88 Å². The number of amides is 1. The first-order chi connectivity index (χ1) is 13.5. The maximum atomic E-state index is 12.9. The number of benzene rings is 1. The zero-order valence-electron chi connectivity index (χ0n) is 16.3. The van der Waals surface area contributed by atoms with Crippen LogP contribution < -0.4 is 4.74 Å². The molecule has 1 aromatic carbocycles. The van der Waals surface area contributed by atoms with Gasteiger partial charge in [-0.05, 0) is 38.5 Å². The molecule has 28 heavy (non-hydrogen) atoms. The number of aliphatic hydroxyl groups excluding tert-OH is 1. The largest absolute Gasteiger partial charge is 0.507 e. The van der Waals surface area contributed by atoms with E-state index in [1.165, 1.54) is 17.3 Å². The molecular weight excluding hydrogens is 356 g/mol. The second-order valence-electron chi connectivity index (χ2n) is 6.93. The van der Waals surface area contributed by atoms with Crippen molar-refractivity contribution >= 4 is 17.4 Å².